The first-order valence-corrected chi connectivity index (χ1v) is 7.05. The van der Waals surface area contributed by atoms with E-state index in [1.165, 1.54) is 6.42 Å². The molecule has 1 aromatic rings. The van der Waals surface area contributed by atoms with E-state index in [9.17, 15) is 0 Å². The highest BCUT2D eigenvalue weighted by atomic mass is 35.5. The molecular weight excluding hydrogens is 266 g/mol. The molecule has 0 aromatic carbocycles. The van der Waals surface area contributed by atoms with Gasteiger partial charge in [0.2, 0.25) is 17.2 Å². The number of nitrogens with zero attached hydrogens (tertiary/aromatic N) is 4. The minimum Gasteiger partial charge on any atom is -0.376 e. The van der Waals surface area contributed by atoms with Gasteiger partial charge in [-0.2, -0.15) is 15.0 Å². The number of likely N-dealkylation sites (N-methyl/N-ethyl adjacent to an activating group) is 1. The Balaban J connectivity index is 2.02. The van der Waals surface area contributed by atoms with E-state index >= 15 is 0 Å². The van der Waals surface area contributed by atoms with Crippen LogP contribution in [-0.4, -0.2) is 47.8 Å². The Morgan fingerprint density at radius 1 is 1.37 bits per heavy atom. The van der Waals surface area contributed by atoms with Gasteiger partial charge >= 0.3 is 0 Å². The minimum atomic E-state index is 0.206. The van der Waals surface area contributed by atoms with Crippen molar-refractivity contribution in [3.63, 3.8) is 0 Å². The van der Waals surface area contributed by atoms with Crippen LogP contribution in [0.2, 0.25) is 5.28 Å². The van der Waals surface area contributed by atoms with E-state index < -0.39 is 0 Å². The van der Waals surface area contributed by atoms with Crippen molar-refractivity contribution >= 4 is 23.5 Å². The monoisotopic (exact) mass is 285 g/mol. The average Bonchev–Trinajstić information content (AvgIpc) is 2.39. The maximum Gasteiger partial charge on any atom is 0.231 e. The quantitative estimate of drug-likeness (QED) is 0.892. The molecule has 1 atom stereocenters. The summed E-state index contributed by atoms with van der Waals surface area (Å²) in [5, 5.41) is 3.25. The third-order valence-corrected chi connectivity index (χ3v) is 3.19. The van der Waals surface area contributed by atoms with Gasteiger partial charge in [0, 0.05) is 26.7 Å². The van der Waals surface area contributed by atoms with Crippen molar-refractivity contribution in [2.75, 3.05) is 37.0 Å². The van der Waals surface area contributed by atoms with Crippen LogP contribution in [0.1, 0.15) is 26.2 Å². The Hall–Kier alpha value is -1.14. The first kappa shape index (κ1) is 14.3. The van der Waals surface area contributed by atoms with Crippen LogP contribution in [-0.2, 0) is 4.74 Å². The Morgan fingerprint density at radius 2 is 2.21 bits per heavy atom. The fourth-order valence-electron chi connectivity index (χ4n) is 2.09. The normalized spacial score (nSPS) is 19.2. The number of hydrogen-bond acceptors (Lipinski definition) is 6. The van der Waals surface area contributed by atoms with Gasteiger partial charge < -0.3 is 15.0 Å². The molecule has 0 bridgehead atoms. The number of rotatable bonds is 5. The van der Waals surface area contributed by atoms with Crippen LogP contribution < -0.4 is 10.2 Å². The lowest BCUT2D eigenvalue weighted by atomic mass is 10.1. The standard InChI is InChI=1S/C12H20ClN5O/c1-3-14-11-15-10(13)16-12(17-11)18(2)8-9-6-4-5-7-19-9/h9H,3-8H2,1-2H3,(H,14,15,16,17). The smallest absolute Gasteiger partial charge is 0.231 e. The molecule has 0 amide bonds. The molecule has 1 N–H and O–H groups in total. The van der Waals surface area contributed by atoms with Gasteiger partial charge in [-0.05, 0) is 37.8 Å². The molecule has 2 heterocycles. The van der Waals surface area contributed by atoms with E-state index in [1.807, 2.05) is 18.9 Å². The molecule has 1 unspecified atom stereocenters. The Kier molecular flexibility index (Phi) is 5.15. The molecule has 1 saturated heterocycles. The largest absolute Gasteiger partial charge is 0.376 e. The lowest BCUT2D eigenvalue weighted by Crippen LogP contribution is -2.34. The molecule has 0 saturated carbocycles. The van der Waals surface area contributed by atoms with Crippen LogP contribution in [0.4, 0.5) is 11.9 Å². The SMILES string of the molecule is CCNc1nc(Cl)nc(N(C)CC2CCCCO2)n1. The summed E-state index contributed by atoms with van der Waals surface area (Å²) in [7, 11) is 1.94. The van der Waals surface area contributed by atoms with Crippen LogP contribution >= 0.6 is 11.6 Å². The van der Waals surface area contributed by atoms with Crippen molar-refractivity contribution in [2.24, 2.45) is 0 Å². The van der Waals surface area contributed by atoms with Crippen molar-refractivity contribution in [1.82, 2.24) is 15.0 Å². The zero-order valence-corrected chi connectivity index (χ0v) is 12.2. The van der Waals surface area contributed by atoms with Gasteiger partial charge in [-0.25, -0.2) is 0 Å². The van der Waals surface area contributed by atoms with Crippen molar-refractivity contribution in [1.29, 1.82) is 0 Å². The van der Waals surface area contributed by atoms with Crippen LogP contribution in [0, 0.1) is 0 Å². The molecule has 1 fully saturated rings. The number of nitrogens with one attached hydrogen (secondary N) is 1. The summed E-state index contributed by atoms with van der Waals surface area (Å²) in [5.41, 5.74) is 0. The highest BCUT2D eigenvalue weighted by molar-refractivity contribution is 6.28. The summed E-state index contributed by atoms with van der Waals surface area (Å²) in [6.45, 7) is 4.34. The number of aromatic nitrogens is 3. The van der Waals surface area contributed by atoms with E-state index in [0.29, 0.717) is 11.9 Å². The van der Waals surface area contributed by atoms with Gasteiger partial charge in [0.15, 0.2) is 0 Å². The molecule has 1 aliphatic heterocycles. The number of ether oxygens (including phenoxy) is 1. The van der Waals surface area contributed by atoms with E-state index in [-0.39, 0.29) is 11.4 Å². The molecule has 106 valence electrons. The van der Waals surface area contributed by atoms with Crippen LogP contribution in [0.3, 0.4) is 0 Å². The number of anilines is 2. The van der Waals surface area contributed by atoms with Gasteiger partial charge in [-0.3, -0.25) is 0 Å². The summed E-state index contributed by atoms with van der Waals surface area (Å²) in [6.07, 6.45) is 3.71. The second-order valence-corrected chi connectivity index (χ2v) is 4.97. The summed E-state index contributed by atoms with van der Waals surface area (Å²) in [5.74, 6) is 1.08. The summed E-state index contributed by atoms with van der Waals surface area (Å²) < 4.78 is 5.72. The molecule has 19 heavy (non-hydrogen) atoms. The third-order valence-electron chi connectivity index (χ3n) is 3.02. The van der Waals surface area contributed by atoms with Crippen LogP contribution in [0.25, 0.3) is 0 Å². The van der Waals surface area contributed by atoms with Crippen LogP contribution in [0.5, 0.6) is 0 Å². The van der Waals surface area contributed by atoms with E-state index in [2.05, 4.69) is 20.3 Å². The van der Waals surface area contributed by atoms with Gasteiger partial charge in [0.05, 0.1) is 6.10 Å². The van der Waals surface area contributed by atoms with E-state index in [4.69, 9.17) is 16.3 Å². The predicted molar refractivity (Wildman–Crippen MR) is 75.9 cm³/mol. The molecule has 0 aliphatic carbocycles. The van der Waals surface area contributed by atoms with E-state index in [1.54, 1.807) is 0 Å². The summed E-state index contributed by atoms with van der Waals surface area (Å²) in [6, 6.07) is 0. The summed E-state index contributed by atoms with van der Waals surface area (Å²) >= 11 is 5.91. The second-order valence-electron chi connectivity index (χ2n) is 4.63. The average molecular weight is 286 g/mol. The van der Waals surface area contributed by atoms with Crippen molar-refractivity contribution in [3.05, 3.63) is 5.28 Å². The Bertz CT molecular complexity index is 411. The minimum absolute atomic E-state index is 0.206. The maximum absolute atomic E-state index is 5.91. The number of halogens is 1. The molecule has 2 rings (SSSR count). The molecule has 7 heteroatoms. The van der Waals surface area contributed by atoms with Crippen molar-refractivity contribution < 1.29 is 4.74 Å². The van der Waals surface area contributed by atoms with Gasteiger partial charge in [0.25, 0.3) is 0 Å². The Morgan fingerprint density at radius 3 is 2.89 bits per heavy atom. The fraction of sp³-hybridized carbons (Fsp3) is 0.750. The first-order valence-electron chi connectivity index (χ1n) is 6.67. The molecule has 0 radical (unpaired) electrons. The molecular formula is C12H20ClN5O. The van der Waals surface area contributed by atoms with Gasteiger partial charge in [-0.1, -0.05) is 0 Å². The maximum atomic E-state index is 5.91. The van der Waals surface area contributed by atoms with Gasteiger partial charge in [0.1, 0.15) is 0 Å². The highest BCUT2D eigenvalue weighted by Gasteiger charge is 2.18. The topological polar surface area (TPSA) is 63.2 Å². The van der Waals surface area contributed by atoms with Crippen LogP contribution in [0.15, 0.2) is 0 Å². The predicted octanol–water partition coefficient (Wildman–Crippen LogP) is 1.96. The summed E-state index contributed by atoms with van der Waals surface area (Å²) in [4.78, 5) is 14.5. The lowest BCUT2D eigenvalue weighted by molar-refractivity contribution is 0.0214. The molecule has 6 nitrogen and oxygen atoms in total. The Labute approximate surface area is 118 Å². The molecule has 0 spiro atoms. The fourth-order valence-corrected chi connectivity index (χ4v) is 2.24. The highest BCUT2D eigenvalue weighted by Crippen LogP contribution is 2.17. The van der Waals surface area contributed by atoms with Crippen molar-refractivity contribution in [3.8, 4) is 0 Å². The third kappa shape index (κ3) is 4.18. The zero-order valence-electron chi connectivity index (χ0n) is 11.4. The number of hydrogen-bond donors (Lipinski definition) is 1. The first-order chi connectivity index (χ1) is 9.19. The second kappa shape index (κ2) is 6.86. The van der Waals surface area contributed by atoms with Crippen molar-refractivity contribution in [2.45, 2.75) is 32.3 Å². The van der Waals surface area contributed by atoms with E-state index in [0.717, 1.165) is 32.5 Å². The van der Waals surface area contributed by atoms with Gasteiger partial charge in [-0.15, -0.1) is 0 Å². The lowest BCUT2D eigenvalue weighted by Gasteiger charge is -2.27. The molecule has 1 aliphatic rings. The zero-order chi connectivity index (χ0) is 13.7. The molecule has 1 aromatic heterocycles.